The van der Waals surface area contributed by atoms with Gasteiger partial charge in [-0.2, -0.15) is 5.21 Å². The quantitative estimate of drug-likeness (QED) is 0.271. The van der Waals surface area contributed by atoms with E-state index < -0.39 is 0 Å². The molecule has 0 spiro atoms. The lowest BCUT2D eigenvalue weighted by molar-refractivity contribution is 0.0306. The number of nitrogens with one attached hydrogen (secondary N) is 1. The number of hydrogen-bond donors (Lipinski definition) is 1. The van der Waals surface area contributed by atoms with Crippen LogP contribution in [-0.2, 0) is 11.3 Å². The molecule has 0 bridgehead atoms. The van der Waals surface area contributed by atoms with Gasteiger partial charge in [-0.1, -0.05) is 56.4 Å². The van der Waals surface area contributed by atoms with Crippen LogP contribution in [0.1, 0.15) is 67.1 Å². The average Bonchev–Trinajstić information content (AvgIpc) is 3.60. The normalized spacial score (nSPS) is 15.4. The fraction of sp³-hybridized carbons (Fsp3) is 0.407. The first kappa shape index (κ1) is 23.8. The van der Waals surface area contributed by atoms with Crippen molar-refractivity contribution in [2.75, 3.05) is 0 Å². The standard InChI is InChI=1S/C27H30FN5OS/c1-18-13-20(7-10-22(18)21-9-11-24(28)23(14-21)27-30-32-33-31-27)16-34-25(26-15-29-17-35-26)12-8-19-5-3-2-4-6-19/h7,9-11,13-15,17,19,25H,2-6,8,12,16H2,1H3,(H,30,31,32,33). The van der Waals surface area contributed by atoms with Crippen molar-refractivity contribution in [3.05, 3.63) is 69.9 Å². The Kier molecular flexibility index (Phi) is 7.59. The molecule has 1 N–H and O–H groups in total. The number of tetrazole rings is 1. The van der Waals surface area contributed by atoms with Crippen molar-refractivity contribution in [2.24, 2.45) is 5.92 Å². The lowest BCUT2D eigenvalue weighted by Crippen LogP contribution is -2.10. The zero-order valence-corrected chi connectivity index (χ0v) is 20.7. The molecule has 1 saturated carbocycles. The zero-order chi connectivity index (χ0) is 24.0. The first-order valence-corrected chi connectivity index (χ1v) is 13.2. The Balaban J connectivity index is 1.28. The smallest absolute Gasteiger partial charge is 0.207 e. The fourth-order valence-corrected chi connectivity index (χ4v) is 5.73. The van der Waals surface area contributed by atoms with Gasteiger partial charge < -0.3 is 4.74 Å². The SMILES string of the molecule is Cc1cc(COC(CCC2CCCCC2)c2cncs2)ccc1-c1ccc(F)c(-c2nn[nH]n2)c1. The van der Waals surface area contributed by atoms with Gasteiger partial charge in [-0.3, -0.25) is 4.98 Å². The summed E-state index contributed by atoms with van der Waals surface area (Å²) in [5, 5.41) is 13.8. The third-order valence-corrected chi connectivity index (χ3v) is 7.80. The highest BCUT2D eigenvalue weighted by atomic mass is 32.1. The van der Waals surface area contributed by atoms with Crippen LogP contribution in [0.4, 0.5) is 4.39 Å². The number of thiazole rings is 1. The van der Waals surface area contributed by atoms with Crippen LogP contribution in [-0.4, -0.2) is 25.6 Å². The molecule has 6 nitrogen and oxygen atoms in total. The van der Waals surface area contributed by atoms with Crippen LogP contribution in [0.2, 0.25) is 0 Å². The summed E-state index contributed by atoms with van der Waals surface area (Å²) in [5.74, 6) is 0.701. The number of hydrogen-bond acceptors (Lipinski definition) is 6. The molecule has 1 aliphatic rings. The lowest BCUT2D eigenvalue weighted by atomic mass is 9.85. The molecule has 182 valence electrons. The largest absolute Gasteiger partial charge is 0.368 e. The van der Waals surface area contributed by atoms with Crippen LogP contribution in [0.5, 0.6) is 0 Å². The highest BCUT2D eigenvalue weighted by Crippen LogP contribution is 2.34. The van der Waals surface area contributed by atoms with Gasteiger partial charge in [-0.05, 0) is 65.3 Å². The molecule has 0 saturated heterocycles. The van der Waals surface area contributed by atoms with Crippen molar-refractivity contribution in [2.45, 2.75) is 64.6 Å². The van der Waals surface area contributed by atoms with E-state index in [2.05, 4.69) is 50.7 Å². The number of aromatic nitrogens is 5. The molecule has 4 aromatic rings. The first-order valence-electron chi connectivity index (χ1n) is 12.3. The van der Waals surface area contributed by atoms with Gasteiger partial charge in [0.25, 0.3) is 0 Å². The van der Waals surface area contributed by atoms with Crippen LogP contribution in [0.3, 0.4) is 0 Å². The Morgan fingerprint density at radius 1 is 1.11 bits per heavy atom. The third-order valence-electron chi connectivity index (χ3n) is 6.94. The maximum absolute atomic E-state index is 14.3. The Hall–Kier alpha value is -2.97. The van der Waals surface area contributed by atoms with Gasteiger partial charge in [0.1, 0.15) is 5.82 Å². The van der Waals surface area contributed by atoms with E-state index in [1.807, 2.05) is 11.7 Å². The molecule has 2 aromatic heterocycles. The monoisotopic (exact) mass is 491 g/mol. The number of rotatable bonds is 9. The molecule has 0 radical (unpaired) electrons. The van der Waals surface area contributed by atoms with E-state index >= 15 is 0 Å². The molecule has 5 rings (SSSR count). The molecular formula is C27H30FN5OS. The molecule has 0 aliphatic heterocycles. The van der Waals surface area contributed by atoms with Crippen molar-refractivity contribution in [1.82, 2.24) is 25.6 Å². The number of benzene rings is 2. The van der Waals surface area contributed by atoms with Crippen molar-refractivity contribution < 1.29 is 9.13 Å². The van der Waals surface area contributed by atoms with Crippen LogP contribution >= 0.6 is 11.3 Å². The molecular weight excluding hydrogens is 461 g/mol. The summed E-state index contributed by atoms with van der Waals surface area (Å²) >= 11 is 1.67. The molecule has 1 atom stereocenters. The number of ether oxygens (including phenoxy) is 1. The fourth-order valence-electron chi connectivity index (χ4n) is 5.03. The third kappa shape index (κ3) is 5.82. The summed E-state index contributed by atoms with van der Waals surface area (Å²) in [7, 11) is 0. The Morgan fingerprint density at radius 3 is 2.74 bits per heavy atom. The Morgan fingerprint density at radius 2 is 2.00 bits per heavy atom. The van der Waals surface area contributed by atoms with E-state index in [1.54, 1.807) is 23.5 Å². The summed E-state index contributed by atoms with van der Waals surface area (Å²) in [5.41, 5.74) is 6.39. The molecule has 0 amide bonds. The van der Waals surface area contributed by atoms with E-state index in [4.69, 9.17) is 4.74 Å². The molecule has 1 aliphatic carbocycles. The Labute approximate surface area is 209 Å². The second-order valence-electron chi connectivity index (χ2n) is 9.36. The first-order chi connectivity index (χ1) is 17.2. The van der Waals surface area contributed by atoms with E-state index in [9.17, 15) is 4.39 Å². The van der Waals surface area contributed by atoms with Crippen LogP contribution in [0.15, 0.2) is 48.1 Å². The molecule has 8 heteroatoms. The van der Waals surface area contributed by atoms with Gasteiger partial charge >= 0.3 is 0 Å². The molecule has 2 heterocycles. The minimum absolute atomic E-state index is 0.0824. The second kappa shape index (κ2) is 11.2. The van der Waals surface area contributed by atoms with E-state index in [0.717, 1.165) is 34.6 Å². The van der Waals surface area contributed by atoms with Gasteiger partial charge in [0.05, 0.1) is 28.7 Å². The van der Waals surface area contributed by atoms with Crippen LogP contribution < -0.4 is 0 Å². The van der Waals surface area contributed by atoms with Crippen molar-refractivity contribution in [1.29, 1.82) is 0 Å². The van der Waals surface area contributed by atoms with Crippen molar-refractivity contribution in [3.8, 4) is 22.5 Å². The summed E-state index contributed by atoms with van der Waals surface area (Å²) < 4.78 is 20.8. The summed E-state index contributed by atoms with van der Waals surface area (Å²) in [4.78, 5) is 5.48. The van der Waals surface area contributed by atoms with Crippen LogP contribution in [0, 0.1) is 18.7 Å². The van der Waals surface area contributed by atoms with Gasteiger partial charge in [0, 0.05) is 6.20 Å². The van der Waals surface area contributed by atoms with Gasteiger partial charge in [0.15, 0.2) is 0 Å². The lowest BCUT2D eigenvalue weighted by Gasteiger charge is -2.24. The highest BCUT2D eigenvalue weighted by molar-refractivity contribution is 7.09. The maximum atomic E-state index is 14.3. The summed E-state index contributed by atoms with van der Waals surface area (Å²) in [6, 6.07) is 11.3. The van der Waals surface area contributed by atoms with E-state index in [-0.39, 0.29) is 17.7 Å². The average molecular weight is 492 g/mol. The van der Waals surface area contributed by atoms with Gasteiger partial charge in [0.2, 0.25) is 5.82 Å². The number of aryl methyl sites for hydroxylation is 1. The molecule has 35 heavy (non-hydrogen) atoms. The van der Waals surface area contributed by atoms with Crippen molar-refractivity contribution >= 4 is 11.3 Å². The zero-order valence-electron chi connectivity index (χ0n) is 19.9. The molecule has 1 unspecified atom stereocenters. The number of H-pyrrole nitrogens is 1. The molecule has 1 fully saturated rings. The minimum atomic E-state index is -0.375. The number of nitrogens with zero attached hydrogens (tertiary/aromatic N) is 4. The van der Waals surface area contributed by atoms with Crippen LogP contribution in [0.25, 0.3) is 22.5 Å². The van der Waals surface area contributed by atoms with Gasteiger partial charge in [-0.25, -0.2) is 4.39 Å². The van der Waals surface area contributed by atoms with E-state index in [0.29, 0.717) is 12.2 Å². The second-order valence-corrected chi connectivity index (χ2v) is 10.3. The minimum Gasteiger partial charge on any atom is -0.368 e. The van der Waals surface area contributed by atoms with E-state index in [1.165, 1.54) is 49.5 Å². The predicted molar refractivity (Wildman–Crippen MR) is 135 cm³/mol. The van der Waals surface area contributed by atoms with Crippen molar-refractivity contribution in [3.63, 3.8) is 0 Å². The molecule has 2 aromatic carbocycles. The topological polar surface area (TPSA) is 76.6 Å². The van der Waals surface area contributed by atoms with Gasteiger partial charge in [-0.15, -0.1) is 21.5 Å². The number of aromatic amines is 1. The maximum Gasteiger partial charge on any atom is 0.207 e. The Bertz CT molecular complexity index is 1220. The summed E-state index contributed by atoms with van der Waals surface area (Å²) in [6.07, 6.45) is 11.1. The summed E-state index contributed by atoms with van der Waals surface area (Å²) in [6.45, 7) is 2.62. The number of halogens is 1. The predicted octanol–water partition coefficient (Wildman–Crippen LogP) is 7.06. The highest BCUT2D eigenvalue weighted by Gasteiger charge is 2.19.